The minimum Gasteiger partial charge on any atom is -0.496 e. The van der Waals surface area contributed by atoms with E-state index in [1.807, 2.05) is 0 Å². The van der Waals surface area contributed by atoms with Crippen LogP contribution in [0.15, 0.2) is 18.2 Å². The molecular formula is C19H33NO. The van der Waals surface area contributed by atoms with E-state index in [-0.39, 0.29) is 0 Å². The maximum Gasteiger partial charge on any atom is 0.121 e. The lowest BCUT2D eigenvalue weighted by Crippen LogP contribution is -2.22. The van der Waals surface area contributed by atoms with Crippen LogP contribution in [0.5, 0.6) is 5.75 Å². The van der Waals surface area contributed by atoms with Gasteiger partial charge in [0.1, 0.15) is 5.75 Å². The highest BCUT2D eigenvalue weighted by Gasteiger charge is 2.11. The van der Waals surface area contributed by atoms with Crippen LogP contribution in [0, 0.1) is 6.92 Å². The molecule has 21 heavy (non-hydrogen) atoms. The van der Waals surface area contributed by atoms with E-state index in [1.165, 1.54) is 56.1 Å². The van der Waals surface area contributed by atoms with Crippen LogP contribution in [0.4, 0.5) is 0 Å². The summed E-state index contributed by atoms with van der Waals surface area (Å²) in [6.07, 6.45) is 9.14. The third-order valence-electron chi connectivity index (χ3n) is 4.06. The Morgan fingerprint density at radius 2 is 1.81 bits per heavy atom. The van der Waals surface area contributed by atoms with Gasteiger partial charge in [0, 0.05) is 6.04 Å². The predicted molar refractivity (Wildman–Crippen MR) is 92.1 cm³/mol. The van der Waals surface area contributed by atoms with E-state index in [2.05, 4.69) is 44.3 Å². The molecular weight excluding hydrogens is 258 g/mol. The number of unbranched alkanes of at least 4 members (excludes halogenated alkanes) is 4. The molecule has 1 atom stereocenters. The first-order chi connectivity index (χ1) is 10.2. The molecule has 120 valence electrons. The van der Waals surface area contributed by atoms with E-state index in [1.54, 1.807) is 7.11 Å². The summed E-state index contributed by atoms with van der Waals surface area (Å²) in [4.78, 5) is 0. The van der Waals surface area contributed by atoms with E-state index in [0.717, 1.165) is 12.3 Å². The number of methoxy groups -OCH3 is 1. The molecule has 0 aliphatic carbocycles. The Bertz CT molecular complexity index is 389. The predicted octanol–water partition coefficient (Wildman–Crippen LogP) is 5.40. The van der Waals surface area contributed by atoms with Crippen LogP contribution in [0.3, 0.4) is 0 Å². The summed E-state index contributed by atoms with van der Waals surface area (Å²) in [6, 6.07) is 7.07. The zero-order valence-corrected chi connectivity index (χ0v) is 14.4. The Hall–Kier alpha value is -1.02. The van der Waals surface area contributed by atoms with Crippen LogP contribution in [-0.2, 0) is 0 Å². The minimum absolute atomic E-state index is 0.483. The third kappa shape index (κ3) is 6.52. The molecule has 0 radical (unpaired) electrons. The molecule has 1 N–H and O–H groups in total. The van der Waals surface area contributed by atoms with Crippen molar-refractivity contribution in [1.82, 2.24) is 5.32 Å². The summed E-state index contributed by atoms with van der Waals surface area (Å²) < 4.78 is 5.37. The number of hydrogen-bond donors (Lipinski definition) is 1. The zero-order valence-electron chi connectivity index (χ0n) is 14.4. The molecule has 0 amide bonds. The van der Waals surface area contributed by atoms with Crippen molar-refractivity contribution in [3.63, 3.8) is 0 Å². The second-order valence-electron chi connectivity index (χ2n) is 5.94. The summed E-state index contributed by atoms with van der Waals surface area (Å²) in [5.41, 5.74) is 2.63. The molecule has 0 spiro atoms. The molecule has 0 heterocycles. The first-order valence-corrected chi connectivity index (χ1v) is 8.60. The summed E-state index contributed by atoms with van der Waals surface area (Å²) in [6.45, 7) is 7.71. The molecule has 0 aliphatic rings. The molecule has 0 bridgehead atoms. The Balaban J connectivity index is 2.61. The molecule has 1 aromatic carbocycles. The number of rotatable bonds is 11. The smallest absolute Gasteiger partial charge is 0.121 e. The van der Waals surface area contributed by atoms with Gasteiger partial charge in [0.25, 0.3) is 0 Å². The standard InChI is InChI=1S/C19H33NO/c1-5-7-8-9-10-11-18(20-14-6-2)17-12-13-19(21-4)16(3)15-17/h12-13,15,18,20H,5-11,14H2,1-4H3. The summed E-state index contributed by atoms with van der Waals surface area (Å²) in [5, 5.41) is 3.70. The normalized spacial score (nSPS) is 12.4. The number of benzene rings is 1. The van der Waals surface area contributed by atoms with Crippen molar-refractivity contribution in [2.24, 2.45) is 0 Å². The molecule has 1 aromatic rings. The van der Waals surface area contributed by atoms with Gasteiger partial charge >= 0.3 is 0 Å². The molecule has 0 saturated heterocycles. The minimum atomic E-state index is 0.483. The SMILES string of the molecule is CCCCCCCC(NCCC)c1ccc(OC)c(C)c1. The molecule has 0 fully saturated rings. The van der Waals surface area contributed by atoms with Gasteiger partial charge in [-0.15, -0.1) is 0 Å². The molecule has 1 unspecified atom stereocenters. The first kappa shape index (κ1) is 18.0. The number of aryl methyl sites for hydroxylation is 1. The maximum absolute atomic E-state index is 5.37. The van der Waals surface area contributed by atoms with Crippen LogP contribution in [0.2, 0.25) is 0 Å². The Kier molecular flexibility index (Phi) is 9.16. The van der Waals surface area contributed by atoms with Gasteiger partial charge < -0.3 is 10.1 Å². The summed E-state index contributed by atoms with van der Waals surface area (Å²) >= 11 is 0. The van der Waals surface area contributed by atoms with Gasteiger partial charge in [0.05, 0.1) is 7.11 Å². The number of nitrogens with one attached hydrogen (secondary N) is 1. The van der Waals surface area contributed by atoms with Crippen LogP contribution in [-0.4, -0.2) is 13.7 Å². The largest absolute Gasteiger partial charge is 0.496 e. The molecule has 2 heteroatoms. The summed E-state index contributed by atoms with van der Waals surface area (Å²) in [7, 11) is 1.74. The highest BCUT2D eigenvalue weighted by atomic mass is 16.5. The molecule has 1 rings (SSSR count). The van der Waals surface area contributed by atoms with Crippen LogP contribution < -0.4 is 10.1 Å². The second kappa shape index (κ2) is 10.7. The molecule has 0 aromatic heterocycles. The fraction of sp³-hybridized carbons (Fsp3) is 0.684. The lowest BCUT2D eigenvalue weighted by Gasteiger charge is -2.20. The molecule has 0 aliphatic heterocycles. The van der Waals surface area contributed by atoms with Gasteiger partial charge in [-0.25, -0.2) is 0 Å². The van der Waals surface area contributed by atoms with Crippen molar-refractivity contribution >= 4 is 0 Å². The Labute approximate surface area is 131 Å². The van der Waals surface area contributed by atoms with Crippen molar-refractivity contribution in [2.75, 3.05) is 13.7 Å². The van der Waals surface area contributed by atoms with Gasteiger partial charge in [-0.3, -0.25) is 0 Å². The first-order valence-electron chi connectivity index (χ1n) is 8.60. The van der Waals surface area contributed by atoms with Crippen molar-refractivity contribution in [1.29, 1.82) is 0 Å². The maximum atomic E-state index is 5.37. The third-order valence-corrected chi connectivity index (χ3v) is 4.06. The Morgan fingerprint density at radius 1 is 1.05 bits per heavy atom. The lowest BCUT2D eigenvalue weighted by molar-refractivity contribution is 0.410. The van der Waals surface area contributed by atoms with Crippen LogP contribution in [0.25, 0.3) is 0 Å². The Morgan fingerprint density at radius 3 is 2.43 bits per heavy atom. The van der Waals surface area contributed by atoms with E-state index < -0.39 is 0 Å². The highest BCUT2D eigenvalue weighted by molar-refractivity contribution is 5.37. The summed E-state index contributed by atoms with van der Waals surface area (Å²) in [5.74, 6) is 0.982. The van der Waals surface area contributed by atoms with Crippen molar-refractivity contribution in [2.45, 2.75) is 71.8 Å². The van der Waals surface area contributed by atoms with Gasteiger partial charge in [-0.05, 0) is 43.5 Å². The highest BCUT2D eigenvalue weighted by Crippen LogP contribution is 2.26. The fourth-order valence-electron chi connectivity index (χ4n) is 2.78. The van der Waals surface area contributed by atoms with Crippen molar-refractivity contribution < 1.29 is 4.74 Å². The molecule has 2 nitrogen and oxygen atoms in total. The van der Waals surface area contributed by atoms with Crippen molar-refractivity contribution in [3.8, 4) is 5.75 Å². The van der Waals surface area contributed by atoms with Gasteiger partial charge in [0.2, 0.25) is 0 Å². The van der Waals surface area contributed by atoms with E-state index in [0.29, 0.717) is 6.04 Å². The van der Waals surface area contributed by atoms with Crippen molar-refractivity contribution in [3.05, 3.63) is 29.3 Å². The number of hydrogen-bond acceptors (Lipinski definition) is 2. The van der Waals surface area contributed by atoms with E-state index >= 15 is 0 Å². The van der Waals surface area contributed by atoms with E-state index in [9.17, 15) is 0 Å². The van der Waals surface area contributed by atoms with Gasteiger partial charge in [-0.2, -0.15) is 0 Å². The van der Waals surface area contributed by atoms with Gasteiger partial charge in [-0.1, -0.05) is 58.1 Å². The monoisotopic (exact) mass is 291 g/mol. The average Bonchev–Trinajstić information content (AvgIpc) is 2.50. The molecule has 0 saturated carbocycles. The fourth-order valence-corrected chi connectivity index (χ4v) is 2.78. The number of ether oxygens (including phenoxy) is 1. The average molecular weight is 291 g/mol. The second-order valence-corrected chi connectivity index (χ2v) is 5.94. The van der Waals surface area contributed by atoms with Crippen LogP contribution >= 0.6 is 0 Å². The quantitative estimate of drug-likeness (QED) is 0.551. The van der Waals surface area contributed by atoms with Gasteiger partial charge in [0.15, 0.2) is 0 Å². The lowest BCUT2D eigenvalue weighted by atomic mass is 9.98. The van der Waals surface area contributed by atoms with E-state index in [4.69, 9.17) is 4.74 Å². The zero-order chi connectivity index (χ0) is 15.5. The topological polar surface area (TPSA) is 21.3 Å². The van der Waals surface area contributed by atoms with Crippen LogP contribution in [0.1, 0.15) is 76.0 Å².